The van der Waals surface area contributed by atoms with Gasteiger partial charge in [-0.2, -0.15) is 0 Å². The number of nitrogens with zero attached hydrogens (tertiary/aromatic N) is 1. The summed E-state index contributed by atoms with van der Waals surface area (Å²) in [5, 5.41) is 3.53. The molecule has 108 valence electrons. The van der Waals surface area contributed by atoms with Crippen LogP contribution in [0.15, 0.2) is 0 Å². The van der Waals surface area contributed by atoms with Gasteiger partial charge in [-0.1, -0.05) is 41.5 Å². The van der Waals surface area contributed by atoms with Crippen LogP contribution in [-0.4, -0.2) is 43.0 Å². The first kappa shape index (κ1) is 15.8. The van der Waals surface area contributed by atoms with Gasteiger partial charge in [0, 0.05) is 25.2 Å². The van der Waals surface area contributed by atoms with Crippen molar-refractivity contribution in [3.63, 3.8) is 0 Å². The van der Waals surface area contributed by atoms with Gasteiger partial charge in [-0.25, -0.2) is 8.78 Å². The van der Waals surface area contributed by atoms with Crippen molar-refractivity contribution in [2.24, 2.45) is 10.8 Å². The largest absolute Gasteiger partial charge is 0.311 e. The van der Waals surface area contributed by atoms with Crippen LogP contribution in [0.3, 0.4) is 0 Å². The van der Waals surface area contributed by atoms with E-state index in [9.17, 15) is 8.78 Å². The number of rotatable bonds is 2. The van der Waals surface area contributed by atoms with Crippen molar-refractivity contribution in [3.8, 4) is 0 Å². The molecule has 0 saturated carbocycles. The molecule has 0 radical (unpaired) electrons. The number of piperazine rings is 1. The third-order valence-corrected chi connectivity index (χ3v) is 3.83. The Labute approximate surface area is 110 Å². The molecule has 1 aliphatic heterocycles. The van der Waals surface area contributed by atoms with Gasteiger partial charge in [0.1, 0.15) is 0 Å². The van der Waals surface area contributed by atoms with Crippen LogP contribution in [0.2, 0.25) is 0 Å². The minimum atomic E-state index is -2.26. The molecule has 2 unspecified atom stereocenters. The first-order valence-electron chi connectivity index (χ1n) is 6.77. The SMILES string of the molecule is CC(C)(C)C1CN(CC(F)F)C(C(C)(C)C)CN1. The van der Waals surface area contributed by atoms with Gasteiger partial charge >= 0.3 is 0 Å². The summed E-state index contributed by atoms with van der Waals surface area (Å²) in [5.74, 6) is 0. The molecule has 2 nitrogen and oxygen atoms in total. The molecule has 0 aromatic carbocycles. The van der Waals surface area contributed by atoms with Crippen LogP contribution in [0.25, 0.3) is 0 Å². The second-order valence-electron chi connectivity index (χ2n) is 7.55. The molecule has 0 aliphatic carbocycles. The fourth-order valence-corrected chi connectivity index (χ4v) is 2.62. The molecule has 1 N–H and O–H groups in total. The Morgan fingerprint density at radius 3 is 2.06 bits per heavy atom. The predicted molar refractivity (Wildman–Crippen MR) is 72.1 cm³/mol. The van der Waals surface area contributed by atoms with Crippen LogP contribution in [0.4, 0.5) is 8.78 Å². The molecular formula is C14H28F2N2. The number of alkyl halides is 2. The van der Waals surface area contributed by atoms with Gasteiger partial charge in [0.15, 0.2) is 0 Å². The Balaban J connectivity index is 2.80. The molecule has 0 spiro atoms. The molecule has 0 bridgehead atoms. The highest BCUT2D eigenvalue weighted by atomic mass is 19.3. The predicted octanol–water partition coefficient (Wildman–Crippen LogP) is 2.99. The van der Waals surface area contributed by atoms with E-state index in [0.29, 0.717) is 6.54 Å². The van der Waals surface area contributed by atoms with Gasteiger partial charge < -0.3 is 5.32 Å². The van der Waals surface area contributed by atoms with E-state index in [-0.39, 0.29) is 29.5 Å². The first-order valence-corrected chi connectivity index (χ1v) is 6.77. The van der Waals surface area contributed by atoms with Crippen LogP contribution in [0.5, 0.6) is 0 Å². The second kappa shape index (κ2) is 5.41. The van der Waals surface area contributed by atoms with E-state index in [1.54, 1.807) is 0 Å². The summed E-state index contributed by atoms with van der Waals surface area (Å²) in [6.45, 7) is 14.2. The summed E-state index contributed by atoms with van der Waals surface area (Å²) in [6, 6.07) is 0.444. The van der Waals surface area contributed by atoms with E-state index < -0.39 is 6.43 Å². The first-order chi connectivity index (χ1) is 8.01. The van der Waals surface area contributed by atoms with Gasteiger partial charge in [0.05, 0.1) is 6.54 Å². The molecular weight excluding hydrogens is 234 g/mol. The average molecular weight is 262 g/mol. The van der Waals surface area contributed by atoms with Crippen LogP contribution in [0.1, 0.15) is 41.5 Å². The summed E-state index contributed by atoms with van der Waals surface area (Å²) in [5.41, 5.74) is 0.119. The highest BCUT2D eigenvalue weighted by Gasteiger charge is 2.39. The molecule has 1 saturated heterocycles. The van der Waals surface area contributed by atoms with Gasteiger partial charge in [0.25, 0.3) is 6.43 Å². The maximum atomic E-state index is 12.7. The van der Waals surface area contributed by atoms with Crippen LogP contribution in [0, 0.1) is 10.8 Å². The van der Waals surface area contributed by atoms with Crippen molar-refractivity contribution in [1.29, 1.82) is 0 Å². The zero-order chi connectivity index (χ0) is 14.1. The fourth-order valence-electron chi connectivity index (χ4n) is 2.62. The maximum Gasteiger partial charge on any atom is 0.251 e. The highest BCUT2D eigenvalue weighted by molar-refractivity contribution is 4.96. The van der Waals surface area contributed by atoms with E-state index in [4.69, 9.17) is 0 Å². The fraction of sp³-hybridized carbons (Fsp3) is 1.00. The Bertz CT molecular complexity index is 266. The quantitative estimate of drug-likeness (QED) is 0.823. The van der Waals surface area contributed by atoms with Gasteiger partial charge in [-0.15, -0.1) is 0 Å². The lowest BCUT2D eigenvalue weighted by atomic mass is 9.79. The average Bonchev–Trinajstić information content (AvgIpc) is 2.13. The van der Waals surface area contributed by atoms with Gasteiger partial charge in [0.2, 0.25) is 0 Å². The number of hydrogen-bond donors (Lipinski definition) is 1. The third kappa shape index (κ3) is 4.16. The topological polar surface area (TPSA) is 15.3 Å². The third-order valence-electron chi connectivity index (χ3n) is 3.83. The Morgan fingerprint density at radius 2 is 1.67 bits per heavy atom. The normalized spacial score (nSPS) is 27.8. The molecule has 1 heterocycles. The lowest BCUT2D eigenvalue weighted by molar-refractivity contribution is -0.00938. The maximum absolute atomic E-state index is 12.7. The van der Waals surface area contributed by atoms with E-state index in [0.717, 1.165) is 6.54 Å². The summed E-state index contributed by atoms with van der Waals surface area (Å²) < 4.78 is 25.5. The van der Waals surface area contributed by atoms with Gasteiger partial charge in [-0.3, -0.25) is 4.90 Å². The highest BCUT2D eigenvalue weighted by Crippen LogP contribution is 2.30. The van der Waals surface area contributed by atoms with Crippen molar-refractivity contribution in [2.75, 3.05) is 19.6 Å². The monoisotopic (exact) mass is 262 g/mol. The van der Waals surface area contributed by atoms with E-state index in [1.165, 1.54) is 0 Å². The van der Waals surface area contributed by atoms with Crippen LogP contribution >= 0.6 is 0 Å². The van der Waals surface area contributed by atoms with Crippen LogP contribution < -0.4 is 5.32 Å². The van der Waals surface area contributed by atoms with Crippen molar-refractivity contribution in [1.82, 2.24) is 10.2 Å². The molecule has 0 amide bonds. The van der Waals surface area contributed by atoms with E-state index >= 15 is 0 Å². The molecule has 18 heavy (non-hydrogen) atoms. The number of nitrogens with one attached hydrogen (secondary N) is 1. The number of halogens is 2. The summed E-state index contributed by atoms with van der Waals surface area (Å²) >= 11 is 0. The minimum Gasteiger partial charge on any atom is -0.311 e. The number of hydrogen-bond acceptors (Lipinski definition) is 2. The smallest absolute Gasteiger partial charge is 0.251 e. The summed E-state index contributed by atoms with van der Waals surface area (Å²) in [7, 11) is 0. The Kier molecular flexibility index (Phi) is 4.76. The minimum absolute atomic E-state index is 0.0186. The van der Waals surface area contributed by atoms with Crippen molar-refractivity contribution < 1.29 is 8.78 Å². The lowest BCUT2D eigenvalue weighted by Gasteiger charge is -2.49. The zero-order valence-corrected chi connectivity index (χ0v) is 12.6. The van der Waals surface area contributed by atoms with Crippen LogP contribution in [-0.2, 0) is 0 Å². The van der Waals surface area contributed by atoms with E-state index in [1.807, 2.05) is 4.90 Å². The van der Waals surface area contributed by atoms with E-state index in [2.05, 4.69) is 46.9 Å². The summed E-state index contributed by atoms with van der Waals surface area (Å²) in [6.07, 6.45) is -2.26. The molecule has 2 atom stereocenters. The molecule has 0 aromatic rings. The molecule has 1 rings (SSSR count). The second-order valence-corrected chi connectivity index (χ2v) is 7.55. The molecule has 0 aromatic heterocycles. The van der Waals surface area contributed by atoms with Crippen molar-refractivity contribution in [3.05, 3.63) is 0 Å². The zero-order valence-electron chi connectivity index (χ0n) is 12.6. The molecule has 1 fully saturated rings. The van der Waals surface area contributed by atoms with Crippen molar-refractivity contribution >= 4 is 0 Å². The Hall–Kier alpha value is -0.220. The molecule has 1 aliphatic rings. The Morgan fingerprint density at radius 1 is 1.11 bits per heavy atom. The van der Waals surface area contributed by atoms with Crippen molar-refractivity contribution in [2.45, 2.75) is 60.1 Å². The molecule has 4 heteroatoms. The standard InChI is InChI=1S/C14H28F2N2/c1-13(2,3)10-8-18(9-12(15)16)11(7-17-10)14(4,5)6/h10-12,17H,7-9H2,1-6H3. The lowest BCUT2D eigenvalue weighted by Crippen LogP contribution is -2.64. The summed E-state index contributed by atoms with van der Waals surface area (Å²) in [4.78, 5) is 1.97. The van der Waals surface area contributed by atoms with Gasteiger partial charge in [-0.05, 0) is 10.8 Å².